The highest BCUT2D eigenvalue weighted by Crippen LogP contribution is 2.18. The molecule has 0 aromatic heterocycles. The van der Waals surface area contributed by atoms with Crippen molar-refractivity contribution in [2.24, 2.45) is 11.8 Å². The molecule has 1 aliphatic heterocycles. The summed E-state index contributed by atoms with van der Waals surface area (Å²) in [5.74, 6) is 0.797. The normalized spacial score (nSPS) is 23.1. The van der Waals surface area contributed by atoms with Gasteiger partial charge in [-0.2, -0.15) is 0 Å². The van der Waals surface area contributed by atoms with Crippen molar-refractivity contribution in [3.8, 4) is 0 Å². The predicted octanol–water partition coefficient (Wildman–Crippen LogP) is 1.96. The summed E-state index contributed by atoms with van der Waals surface area (Å²) in [6, 6.07) is 0.246. The van der Waals surface area contributed by atoms with Crippen molar-refractivity contribution in [3.05, 3.63) is 0 Å². The Balaban J connectivity index is 2.40. The van der Waals surface area contributed by atoms with Gasteiger partial charge in [-0.15, -0.1) is 0 Å². The van der Waals surface area contributed by atoms with Crippen LogP contribution in [0.25, 0.3) is 0 Å². The summed E-state index contributed by atoms with van der Waals surface area (Å²) < 4.78 is 5.24. The molecule has 1 rings (SSSR count). The van der Waals surface area contributed by atoms with Gasteiger partial charge in [0.2, 0.25) is 5.91 Å². The Hall–Kier alpha value is -0.570. The number of rotatable bonds is 5. The first-order valence-corrected chi connectivity index (χ1v) is 6.03. The maximum Gasteiger partial charge on any atom is 0.223 e. The minimum Gasteiger partial charge on any atom is -0.379 e. The van der Waals surface area contributed by atoms with Gasteiger partial charge in [0.15, 0.2) is 0 Å². The lowest BCUT2D eigenvalue weighted by molar-refractivity contribution is -0.127. The second-order valence-electron chi connectivity index (χ2n) is 4.71. The van der Waals surface area contributed by atoms with Crippen LogP contribution in [-0.2, 0) is 9.53 Å². The van der Waals surface area contributed by atoms with Gasteiger partial charge >= 0.3 is 0 Å². The highest BCUT2D eigenvalue weighted by Gasteiger charge is 2.25. The van der Waals surface area contributed by atoms with Crippen LogP contribution in [0.4, 0.5) is 0 Å². The molecular weight excluding hydrogens is 190 g/mol. The van der Waals surface area contributed by atoms with E-state index in [1.54, 1.807) is 0 Å². The summed E-state index contributed by atoms with van der Waals surface area (Å²) in [6.45, 7) is 7.82. The highest BCUT2D eigenvalue weighted by atomic mass is 16.5. The van der Waals surface area contributed by atoms with Crippen molar-refractivity contribution in [2.45, 2.75) is 46.1 Å². The van der Waals surface area contributed by atoms with E-state index in [0.29, 0.717) is 12.5 Å². The average Bonchev–Trinajstić information content (AvgIpc) is 2.65. The fourth-order valence-corrected chi connectivity index (χ4v) is 2.03. The average molecular weight is 213 g/mol. The molecule has 0 saturated carbocycles. The molecule has 0 aromatic carbocycles. The lowest BCUT2D eigenvalue weighted by Gasteiger charge is -2.21. The molecule has 15 heavy (non-hydrogen) atoms. The lowest BCUT2D eigenvalue weighted by atomic mass is 9.90. The monoisotopic (exact) mass is 213 g/mol. The fraction of sp³-hybridized carbons (Fsp3) is 0.917. The zero-order valence-corrected chi connectivity index (χ0v) is 10.1. The first-order chi connectivity index (χ1) is 7.15. The van der Waals surface area contributed by atoms with Crippen LogP contribution in [0.2, 0.25) is 0 Å². The summed E-state index contributed by atoms with van der Waals surface area (Å²) in [4.78, 5) is 12.0. The third-order valence-electron chi connectivity index (χ3n) is 3.02. The Labute approximate surface area is 92.6 Å². The summed E-state index contributed by atoms with van der Waals surface area (Å²) in [5.41, 5.74) is 0. The molecule has 3 heteroatoms. The van der Waals surface area contributed by atoms with E-state index in [4.69, 9.17) is 4.74 Å². The van der Waals surface area contributed by atoms with E-state index in [1.165, 1.54) is 0 Å². The fourth-order valence-electron chi connectivity index (χ4n) is 2.03. The van der Waals surface area contributed by atoms with Crippen LogP contribution in [0.1, 0.15) is 40.0 Å². The Kier molecular flexibility index (Phi) is 5.09. The lowest BCUT2D eigenvalue weighted by Crippen LogP contribution is -2.40. The molecule has 1 aliphatic rings. The van der Waals surface area contributed by atoms with E-state index in [9.17, 15) is 4.79 Å². The quantitative estimate of drug-likeness (QED) is 0.758. The minimum absolute atomic E-state index is 0.163. The molecule has 0 bridgehead atoms. The number of amides is 1. The number of carbonyl (C=O) groups excluding carboxylic acids is 1. The number of hydrogen-bond acceptors (Lipinski definition) is 2. The molecule has 1 amide bonds. The van der Waals surface area contributed by atoms with Gasteiger partial charge in [-0.3, -0.25) is 4.79 Å². The van der Waals surface area contributed by atoms with Crippen LogP contribution >= 0.6 is 0 Å². The van der Waals surface area contributed by atoms with Crippen LogP contribution < -0.4 is 5.32 Å². The van der Waals surface area contributed by atoms with Gasteiger partial charge in [0.1, 0.15) is 0 Å². The number of carbonyl (C=O) groups is 1. The van der Waals surface area contributed by atoms with Gasteiger partial charge in [-0.05, 0) is 18.8 Å². The van der Waals surface area contributed by atoms with E-state index in [-0.39, 0.29) is 17.9 Å². The van der Waals surface area contributed by atoms with Gasteiger partial charge in [0.25, 0.3) is 0 Å². The standard InChI is InChI=1S/C12H23NO2/c1-4-5-11(9(2)3)12(14)13-10-6-7-15-8-10/h9-11H,4-8H2,1-3H3,(H,13,14)/t10-,11+/m1/s1. The zero-order chi connectivity index (χ0) is 11.3. The zero-order valence-electron chi connectivity index (χ0n) is 10.1. The largest absolute Gasteiger partial charge is 0.379 e. The molecule has 0 aromatic rings. The van der Waals surface area contributed by atoms with Gasteiger partial charge in [-0.25, -0.2) is 0 Å². The summed E-state index contributed by atoms with van der Waals surface area (Å²) in [5, 5.41) is 3.08. The molecular formula is C12H23NO2. The number of hydrogen-bond donors (Lipinski definition) is 1. The highest BCUT2D eigenvalue weighted by molar-refractivity contribution is 5.79. The van der Waals surface area contributed by atoms with E-state index < -0.39 is 0 Å². The molecule has 1 N–H and O–H groups in total. The van der Waals surface area contributed by atoms with Crippen molar-refractivity contribution < 1.29 is 9.53 Å². The SMILES string of the molecule is CCC[C@H](C(=O)N[C@@H]1CCOC1)C(C)C. The van der Waals surface area contributed by atoms with Crippen LogP contribution in [-0.4, -0.2) is 25.2 Å². The predicted molar refractivity (Wildman–Crippen MR) is 60.6 cm³/mol. The van der Waals surface area contributed by atoms with Crippen molar-refractivity contribution >= 4 is 5.91 Å². The van der Waals surface area contributed by atoms with Crippen molar-refractivity contribution in [1.29, 1.82) is 0 Å². The molecule has 0 unspecified atom stereocenters. The molecule has 88 valence electrons. The van der Waals surface area contributed by atoms with E-state index in [0.717, 1.165) is 25.9 Å². The summed E-state index contributed by atoms with van der Waals surface area (Å²) >= 11 is 0. The Morgan fingerprint density at radius 3 is 2.73 bits per heavy atom. The second-order valence-corrected chi connectivity index (χ2v) is 4.71. The first-order valence-electron chi connectivity index (χ1n) is 6.03. The molecule has 2 atom stereocenters. The van der Waals surface area contributed by atoms with Crippen LogP contribution in [0.3, 0.4) is 0 Å². The summed E-state index contributed by atoms with van der Waals surface area (Å²) in [6.07, 6.45) is 3.01. The summed E-state index contributed by atoms with van der Waals surface area (Å²) in [7, 11) is 0. The topological polar surface area (TPSA) is 38.3 Å². The van der Waals surface area contributed by atoms with Crippen LogP contribution in [0.5, 0.6) is 0 Å². The molecule has 1 saturated heterocycles. The van der Waals surface area contributed by atoms with Crippen LogP contribution in [0, 0.1) is 11.8 Å². The molecule has 0 spiro atoms. The van der Waals surface area contributed by atoms with Crippen LogP contribution in [0.15, 0.2) is 0 Å². The van der Waals surface area contributed by atoms with E-state index in [1.807, 2.05) is 0 Å². The maximum atomic E-state index is 12.0. The van der Waals surface area contributed by atoms with E-state index in [2.05, 4.69) is 26.1 Å². The number of nitrogens with one attached hydrogen (secondary N) is 1. The molecule has 0 aliphatic carbocycles. The minimum atomic E-state index is 0.163. The first kappa shape index (κ1) is 12.5. The van der Waals surface area contributed by atoms with Gasteiger partial charge in [-0.1, -0.05) is 27.2 Å². The smallest absolute Gasteiger partial charge is 0.223 e. The van der Waals surface area contributed by atoms with E-state index >= 15 is 0 Å². The van der Waals surface area contributed by atoms with Crippen molar-refractivity contribution in [3.63, 3.8) is 0 Å². The Morgan fingerprint density at radius 2 is 2.27 bits per heavy atom. The molecule has 0 radical (unpaired) electrons. The molecule has 3 nitrogen and oxygen atoms in total. The van der Waals surface area contributed by atoms with Crippen molar-refractivity contribution in [2.75, 3.05) is 13.2 Å². The Bertz CT molecular complexity index is 198. The second kappa shape index (κ2) is 6.11. The Morgan fingerprint density at radius 1 is 1.53 bits per heavy atom. The number of ether oxygens (including phenoxy) is 1. The van der Waals surface area contributed by atoms with Gasteiger partial charge < -0.3 is 10.1 Å². The third kappa shape index (κ3) is 3.82. The third-order valence-corrected chi connectivity index (χ3v) is 3.02. The maximum absolute atomic E-state index is 12.0. The molecule has 1 fully saturated rings. The van der Waals surface area contributed by atoms with Gasteiger partial charge in [0.05, 0.1) is 12.6 Å². The van der Waals surface area contributed by atoms with Crippen molar-refractivity contribution in [1.82, 2.24) is 5.32 Å². The molecule has 1 heterocycles. The van der Waals surface area contributed by atoms with Gasteiger partial charge in [0, 0.05) is 12.5 Å².